The van der Waals surface area contributed by atoms with Crippen LogP contribution in [0.1, 0.15) is 27.2 Å². The topological polar surface area (TPSA) is 68.5 Å². The average molecular weight is 279 g/mol. The van der Waals surface area contributed by atoms with Crippen molar-refractivity contribution in [2.45, 2.75) is 39.3 Å². The van der Waals surface area contributed by atoms with Crippen molar-refractivity contribution in [3.05, 3.63) is 28.4 Å². The van der Waals surface area contributed by atoms with Crippen LogP contribution in [0.5, 0.6) is 0 Å². The molecular weight excluding hydrogens is 258 g/mol. The SMILES string of the molecule is CCOC1CC(N(C)c2ncccc2[N+](=O)[O-])C1(C)C. The molecule has 2 rings (SSSR count). The van der Waals surface area contributed by atoms with Crippen LogP contribution >= 0.6 is 0 Å². The van der Waals surface area contributed by atoms with Crippen LogP contribution < -0.4 is 4.90 Å². The Bertz CT molecular complexity index is 504. The van der Waals surface area contributed by atoms with E-state index in [2.05, 4.69) is 18.8 Å². The number of hydrogen-bond acceptors (Lipinski definition) is 5. The molecule has 2 atom stereocenters. The van der Waals surface area contributed by atoms with Gasteiger partial charge in [-0.3, -0.25) is 10.1 Å². The van der Waals surface area contributed by atoms with Crippen LogP contribution in [0.15, 0.2) is 18.3 Å². The highest BCUT2D eigenvalue weighted by Crippen LogP contribution is 2.47. The van der Waals surface area contributed by atoms with Crippen LogP contribution in [0.3, 0.4) is 0 Å². The summed E-state index contributed by atoms with van der Waals surface area (Å²) in [6.07, 6.45) is 2.65. The monoisotopic (exact) mass is 279 g/mol. The molecular formula is C14H21N3O3. The Labute approximate surface area is 118 Å². The highest BCUT2D eigenvalue weighted by Gasteiger charge is 2.51. The van der Waals surface area contributed by atoms with E-state index in [9.17, 15) is 10.1 Å². The Balaban J connectivity index is 2.22. The van der Waals surface area contributed by atoms with Gasteiger partial charge in [-0.2, -0.15) is 0 Å². The normalized spacial score (nSPS) is 24.0. The zero-order chi connectivity index (χ0) is 14.9. The van der Waals surface area contributed by atoms with Crippen LogP contribution in [0.2, 0.25) is 0 Å². The van der Waals surface area contributed by atoms with E-state index in [-0.39, 0.29) is 28.2 Å². The van der Waals surface area contributed by atoms with Gasteiger partial charge in [-0.15, -0.1) is 0 Å². The Morgan fingerprint density at radius 1 is 1.60 bits per heavy atom. The van der Waals surface area contributed by atoms with Gasteiger partial charge in [0.1, 0.15) is 0 Å². The summed E-state index contributed by atoms with van der Waals surface area (Å²) in [5.74, 6) is 0.422. The van der Waals surface area contributed by atoms with Gasteiger partial charge in [-0.05, 0) is 19.4 Å². The Hall–Kier alpha value is -1.69. The summed E-state index contributed by atoms with van der Waals surface area (Å²) in [5.41, 5.74) is 0.00142. The second-order valence-corrected chi connectivity index (χ2v) is 5.73. The second-order valence-electron chi connectivity index (χ2n) is 5.73. The van der Waals surface area contributed by atoms with Crippen molar-refractivity contribution in [2.24, 2.45) is 5.41 Å². The summed E-state index contributed by atoms with van der Waals surface area (Å²) in [6, 6.07) is 3.27. The Kier molecular flexibility index (Phi) is 3.94. The number of nitrogens with zero attached hydrogens (tertiary/aromatic N) is 3. The van der Waals surface area contributed by atoms with Crippen molar-refractivity contribution >= 4 is 11.5 Å². The first-order valence-electron chi connectivity index (χ1n) is 6.83. The quantitative estimate of drug-likeness (QED) is 0.612. The first-order valence-corrected chi connectivity index (χ1v) is 6.83. The Morgan fingerprint density at radius 3 is 2.85 bits per heavy atom. The van der Waals surface area contributed by atoms with Gasteiger partial charge >= 0.3 is 5.69 Å². The smallest absolute Gasteiger partial charge is 0.311 e. The van der Waals surface area contributed by atoms with E-state index in [0.29, 0.717) is 12.4 Å². The largest absolute Gasteiger partial charge is 0.378 e. The van der Waals surface area contributed by atoms with Gasteiger partial charge < -0.3 is 9.64 Å². The van der Waals surface area contributed by atoms with E-state index in [4.69, 9.17) is 4.74 Å². The van der Waals surface area contributed by atoms with Crippen LogP contribution in [-0.4, -0.2) is 35.7 Å². The molecule has 0 saturated heterocycles. The van der Waals surface area contributed by atoms with Crippen molar-refractivity contribution in [1.29, 1.82) is 0 Å². The standard InChI is InChI=1S/C14H21N3O3/c1-5-20-12-9-11(14(12,2)3)16(4)13-10(17(18)19)7-6-8-15-13/h6-8,11-12H,5,9H2,1-4H3. The van der Waals surface area contributed by atoms with Crippen LogP contribution in [0.4, 0.5) is 11.5 Å². The molecule has 0 bridgehead atoms. The van der Waals surface area contributed by atoms with E-state index in [1.165, 1.54) is 6.07 Å². The predicted molar refractivity (Wildman–Crippen MR) is 76.9 cm³/mol. The van der Waals surface area contributed by atoms with E-state index >= 15 is 0 Å². The molecule has 1 aromatic rings. The lowest BCUT2D eigenvalue weighted by Gasteiger charge is -2.55. The van der Waals surface area contributed by atoms with Gasteiger partial charge in [-0.25, -0.2) is 4.98 Å². The van der Waals surface area contributed by atoms with Gasteiger partial charge in [0, 0.05) is 37.4 Å². The molecule has 0 amide bonds. The molecule has 1 aliphatic carbocycles. The number of ether oxygens (including phenoxy) is 1. The van der Waals surface area contributed by atoms with Gasteiger partial charge in [0.25, 0.3) is 0 Å². The molecule has 0 aromatic carbocycles. The van der Waals surface area contributed by atoms with E-state index in [1.54, 1.807) is 12.3 Å². The molecule has 0 spiro atoms. The molecule has 0 radical (unpaired) electrons. The number of anilines is 1. The fourth-order valence-electron chi connectivity index (χ4n) is 2.96. The number of pyridine rings is 1. The van der Waals surface area contributed by atoms with Gasteiger partial charge in [0.15, 0.2) is 0 Å². The molecule has 0 aliphatic heterocycles. The lowest BCUT2D eigenvalue weighted by atomic mass is 9.64. The second kappa shape index (κ2) is 5.36. The molecule has 2 unspecified atom stereocenters. The number of aromatic nitrogens is 1. The molecule has 0 N–H and O–H groups in total. The molecule has 6 heteroatoms. The highest BCUT2D eigenvalue weighted by molar-refractivity contribution is 5.58. The summed E-state index contributed by atoms with van der Waals surface area (Å²) < 4.78 is 5.71. The third-order valence-electron chi connectivity index (χ3n) is 4.26. The van der Waals surface area contributed by atoms with Crippen LogP contribution in [0.25, 0.3) is 0 Å². The average Bonchev–Trinajstić information content (AvgIpc) is 2.42. The van der Waals surface area contributed by atoms with Crippen molar-refractivity contribution in [3.8, 4) is 0 Å². The maximum Gasteiger partial charge on any atom is 0.311 e. The summed E-state index contributed by atoms with van der Waals surface area (Å²) in [7, 11) is 1.86. The molecule has 1 aliphatic rings. The third kappa shape index (κ3) is 2.35. The lowest BCUT2D eigenvalue weighted by molar-refractivity contribution is -0.384. The number of hydrogen-bond donors (Lipinski definition) is 0. The van der Waals surface area contributed by atoms with Gasteiger partial charge in [0.2, 0.25) is 5.82 Å². The Morgan fingerprint density at radius 2 is 2.30 bits per heavy atom. The zero-order valence-corrected chi connectivity index (χ0v) is 12.4. The predicted octanol–water partition coefficient (Wildman–Crippen LogP) is 2.63. The van der Waals surface area contributed by atoms with E-state index < -0.39 is 0 Å². The lowest BCUT2D eigenvalue weighted by Crippen LogP contribution is -2.61. The fraction of sp³-hybridized carbons (Fsp3) is 0.643. The minimum Gasteiger partial charge on any atom is -0.378 e. The maximum absolute atomic E-state index is 11.1. The third-order valence-corrected chi connectivity index (χ3v) is 4.26. The molecule has 110 valence electrons. The molecule has 1 heterocycles. The summed E-state index contributed by atoms with van der Waals surface area (Å²) in [6.45, 7) is 6.94. The van der Waals surface area contributed by atoms with Crippen LogP contribution in [0, 0.1) is 15.5 Å². The molecule has 1 aromatic heterocycles. The highest BCUT2D eigenvalue weighted by atomic mass is 16.6. The van der Waals surface area contributed by atoms with Crippen molar-refractivity contribution in [3.63, 3.8) is 0 Å². The number of nitro groups is 1. The molecule has 20 heavy (non-hydrogen) atoms. The summed E-state index contributed by atoms with van der Waals surface area (Å²) in [5, 5.41) is 11.1. The van der Waals surface area contributed by atoms with Crippen LogP contribution in [-0.2, 0) is 4.74 Å². The minimum absolute atomic E-state index is 0.0455. The van der Waals surface area contributed by atoms with Crippen molar-refractivity contribution in [1.82, 2.24) is 4.98 Å². The fourth-order valence-corrected chi connectivity index (χ4v) is 2.96. The molecule has 6 nitrogen and oxygen atoms in total. The summed E-state index contributed by atoms with van der Waals surface area (Å²) in [4.78, 5) is 16.8. The molecule has 1 saturated carbocycles. The van der Waals surface area contributed by atoms with Gasteiger partial charge in [0.05, 0.1) is 11.0 Å². The zero-order valence-electron chi connectivity index (χ0n) is 12.4. The van der Waals surface area contributed by atoms with Crippen molar-refractivity contribution < 1.29 is 9.66 Å². The maximum atomic E-state index is 11.1. The van der Waals surface area contributed by atoms with Crippen molar-refractivity contribution in [2.75, 3.05) is 18.6 Å². The number of rotatable bonds is 5. The first kappa shape index (κ1) is 14.7. The molecule has 1 fully saturated rings. The first-order chi connectivity index (χ1) is 9.39. The van der Waals surface area contributed by atoms with E-state index in [0.717, 1.165) is 6.42 Å². The minimum atomic E-state index is -0.384. The van der Waals surface area contributed by atoms with E-state index in [1.807, 2.05) is 18.9 Å². The van der Waals surface area contributed by atoms with Gasteiger partial charge in [-0.1, -0.05) is 13.8 Å². The summed E-state index contributed by atoms with van der Waals surface area (Å²) >= 11 is 0.